The van der Waals surface area contributed by atoms with Gasteiger partial charge in [0.2, 0.25) is 0 Å². The van der Waals surface area contributed by atoms with Crippen LogP contribution >= 0.6 is 0 Å². The van der Waals surface area contributed by atoms with E-state index in [0.717, 1.165) is 23.6 Å². The van der Waals surface area contributed by atoms with E-state index in [9.17, 15) is 4.39 Å². The molecule has 0 heterocycles. The number of nitrogens with one attached hydrogen (secondary N) is 2. The van der Waals surface area contributed by atoms with Crippen LogP contribution in [0.5, 0.6) is 0 Å². The summed E-state index contributed by atoms with van der Waals surface area (Å²) in [5.74, 6) is 0.902. The van der Waals surface area contributed by atoms with Crippen molar-refractivity contribution in [1.82, 2.24) is 10.6 Å². The Labute approximate surface area is 174 Å². The molecule has 0 radical (unpaired) electrons. The molecular formula is C25H32FN3. The van der Waals surface area contributed by atoms with Crippen molar-refractivity contribution >= 4 is 0 Å². The van der Waals surface area contributed by atoms with Gasteiger partial charge in [0.15, 0.2) is 0 Å². The zero-order chi connectivity index (χ0) is 20.4. The maximum atomic E-state index is 14.2. The fourth-order valence-electron chi connectivity index (χ4n) is 4.83. The number of nitrogens with zero attached hydrogens (tertiary/aromatic N) is 1. The molecule has 2 aliphatic rings. The van der Waals surface area contributed by atoms with Crippen LogP contribution in [0, 0.1) is 23.1 Å². The summed E-state index contributed by atoms with van der Waals surface area (Å²) in [5, 5.41) is 16.3. The molecule has 2 aromatic carbocycles. The molecule has 2 saturated carbocycles. The topological polar surface area (TPSA) is 47.8 Å². The zero-order valence-electron chi connectivity index (χ0n) is 17.3. The van der Waals surface area contributed by atoms with Crippen molar-refractivity contribution in [3.63, 3.8) is 0 Å². The van der Waals surface area contributed by atoms with E-state index in [2.05, 4.69) is 42.8 Å². The van der Waals surface area contributed by atoms with Gasteiger partial charge in [-0.1, -0.05) is 31.2 Å². The van der Waals surface area contributed by atoms with Gasteiger partial charge in [-0.3, -0.25) is 0 Å². The SMILES string of the molecule is CN[C@@H]1C[C@@H](C)CC[C@H]1NCc1cccc(-c2ccc(C#N)c(F)c2)c1C1CC1.[HH]. The lowest BCUT2D eigenvalue weighted by Crippen LogP contribution is -2.49. The number of hydrogen-bond acceptors (Lipinski definition) is 3. The second-order valence-corrected chi connectivity index (χ2v) is 8.76. The highest BCUT2D eigenvalue weighted by atomic mass is 19.1. The average molecular weight is 394 g/mol. The van der Waals surface area contributed by atoms with Gasteiger partial charge in [0.05, 0.1) is 5.56 Å². The van der Waals surface area contributed by atoms with Crippen LogP contribution in [0.3, 0.4) is 0 Å². The molecule has 2 aliphatic carbocycles. The van der Waals surface area contributed by atoms with E-state index in [4.69, 9.17) is 5.26 Å². The smallest absolute Gasteiger partial charge is 0.141 e. The molecule has 0 saturated heterocycles. The first-order chi connectivity index (χ1) is 14.1. The highest BCUT2D eigenvalue weighted by Gasteiger charge is 2.30. The molecule has 3 nitrogen and oxygen atoms in total. The molecule has 0 aromatic heterocycles. The van der Waals surface area contributed by atoms with E-state index in [0.29, 0.717) is 18.0 Å². The van der Waals surface area contributed by atoms with Crippen molar-refractivity contribution in [1.29, 1.82) is 5.26 Å². The Morgan fingerprint density at radius 1 is 1.14 bits per heavy atom. The molecule has 3 atom stereocenters. The van der Waals surface area contributed by atoms with Crippen LogP contribution in [0.15, 0.2) is 36.4 Å². The standard InChI is InChI=1S/C25H30FN3.H2/c1-16-6-11-23(24(12-16)28-2)29-15-20-4-3-5-21(25(20)17-7-8-17)18-9-10-19(14-27)22(26)13-18;/h3-5,9-10,13,16-17,23-24,28-29H,6-8,11-12,15H2,1-2H3;1H/t16-,23+,24+;/m0./s1. The molecule has 0 unspecified atom stereocenters. The Morgan fingerprint density at radius 2 is 1.97 bits per heavy atom. The molecule has 29 heavy (non-hydrogen) atoms. The first-order valence-electron chi connectivity index (χ1n) is 10.8. The molecule has 2 fully saturated rings. The van der Waals surface area contributed by atoms with E-state index in [-0.39, 0.29) is 6.99 Å². The van der Waals surface area contributed by atoms with Crippen LogP contribution in [0.2, 0.25) is 0 Å². The largest absolute Gasteiger partial charge is 0.315 e. The molecule has 0 spiro atoms. The molecule has 0 bridgehead atoms. The van der Waals surface area contributed by atoms with Gasteiger partial charge in [-0.15, -0.1) is 0 Å². The number of rotatable bonds is 6. The Kier molecular flexibility index (Phi) is 5.99. The predicted molar refractivity (Wildman–Crippen MR) is 117 cm³/mol. The van der Waals surface area contributed by atoms with E-state index >= 15 is 0 Å². The van der Waals surface area contributed by atoms with Crippen molar-refractivity contribution in [2.24, 2.45) is 5.92 Å². The zero-order valence-corrected chi connectivity index (χ0v) is 17.3. The summed E-state index contributed by atoms with van der Waals surface area (Å²) < 4.78 is 14.2. The minimum atomic E-state index is -0.441. The first kappa shape index (κ1) is 20.1. The van der Waals surface area contributed by atoms with Gasteiger partial charge in [-0.25, -0.2) is 4.39 Å². The Morgan fingerprint density at radius 3 is 2.66 bits per heavy atom. The van der Waals surface area contributed by atoms with Gasteiger partial charge >= 0.3 is 0 Å². The van der Waals surface area contributed by atoms with Crippen molar-refractivity contribution in [3.05, 3.63) is 58.9 Å². The summed E-state index contributed by atoms with van der Waals surface area (Å²) in [7, 11) is 2.06. The van der Waals surface area contributed by atoms with Gasteiger partial charge in [0.1, 0.15) is 11.9 Å². The van der Waals surface area contributed by atoms with Crippen molar-refractivity contribution in [2.45, 2.75) is 63.6 Å². The number of hydrogen-bond donors (Lipinski definition) is 2. The van der Waals surface area contributed by atoms with E-state index in [1.807, 2.05) is 12.1 Å². The van der Waals surface area contributed by atoms with Crippen LogP contribution in [0.25, 0.3) is 11.1 Å². The highest BCUT2D eigenvalue weighted by molar-refractivity contribution is 5.71. The van der Waals surface area contributed by atoms with Gasteiger partial charge in [-0.2, -0.15) is 5.26 Å². The highest BCUT2D eigenvalue weighted by Crippen LogP contribution is 2.46. The predicted octanol–water partition coefficient (Wildman–Crippen LogP) is 5.35. The lowest BCUT2D eigenvalue weighted by atomic mass is 9.83. The number of benzene rings is 2. The lowest BCUT2D eigenvalue weighted by molar-refractivity contribution is 0.243. The normalized spacial score (nSPS) is 24.3. The summed E-state index contributed by atoms with van der Waals surface area (Å²) in [5.41, 5.74) is 4.75. The fraction of sp³-hybridized carbons (Fsp3) is 0.480. The third-order valence-electron chi connectivity index (χ3n) is 6.62. The minimum absolute atomic E-state index is 0. The van der Waals surface area contributed by atoms with Gasteiger partial charge in [0.25, 0.3) is 0 Å². The Hall–Kier alpha value is -2.22. The second-order valence-electron chi connectivity index (χ2n) is 8.76. The Balaban J connectivity index is 0.00000256. The summed E-state index contributed by atoms with van der Waals surface area (Å²) in [4.78, 5) is 0. The van der Waals surface area contributed by atoms with E-state index in [1.165, 1.54) is 49.3 Å². The van der Waals surface area contributed by atoms with Crippen LogP contribution in [-0.2, 0) is 6.54 Å². The van der Waals surface area contributed by atoms with E-state index < -0.39 is 5.82 Å². The molecule has 0 amide bonds. The Bertz CT molecular complexity index is 919. The third kappa shape index (κ3) is 4.37. The minimum Gasteiger partial charge on any atom is -0.315 e. The average Bonchev–Trinajstić information content (AvgIpc) is 3.57. The monoisotopic (exact) mass is 393 g/mol. The van der Waals surface area contributed by atoms with E-state index in [1.54, 1.807) is 6.07 Å². The molecule has 2 aromatic rings. The van der Waals surface area contributed by atoms with Crippen LogP contribution in [0.4, 0.5) is 4.39 Å². The van der Waals surface area contributed by atoms with Crippen LogP contribution < -0.4 is 10.6 Å². The molecule has 4 rings (SSSR count). The number of halogens is 1. The van der Waals surface area contributed by atoms with Gasteiger partial charge in [0, 0.05) is 20.1 Å². The summed E-state index contributed by atoms with van der Waals surface area (Å²) in [6.07, 6.45) is 6.09. The second kappa shape index (κ2) is 8.65. The molecule has 0 aliphatic heterocycles. The van der Waals surface area contributed by atoms with Crippen LogP contribution in [0.1, 0.15) is 63.1 Å². The third-order valence-corrected chi connectivity index (χ3v) is 6.62. The number of nitriles is 1. The van der Waals surface area contributed by atoms with Crippen LogP contribution in [-0.4, -0.2) is 19.1 Å². The summed E-state index contributed by atoms with van der Waals surface area (Å²) in [6, 6.07) is 14.3. The van der Waals surface area contributed by atoms with Gasteiger partial charge < -0.3 is 10.6 Å². The molecular weight excluding hydrogens is 361 g/mol. The first-order valence-corrected chi connectivity index (χ1v) is 10.8. The molecule has 154 valence electrons. The molecule has 2 N–H and O–H groups in total. The summed E-state index contributed by atoms with van der Waals surface area (Å²) in [6.45, 7) is 3.18. The fourth-order valence-corrected chi connectivity index (χ4v) is 4.83. The maximum absolute atomic E-state index is 14.2. The summed E-state index contributed by atoms with van der Waals surface area (Å²) >= 11 is 0. The van der Waals surface area contributed by atoms with Crippen molar-refractivity contribution in [2.75, 3.05) is 7.05 Å². The van der Waals surface area contributed by atoms with Gasteiger partial charge in [-0.05, 0) is 85.4 Å². The molecule has 4 heteroatoms. The van der Waals surface area contributed by atoms with Crippen molar-refractivity contribution in [3.8, 4) is 17.2 Å². The van der Waals surface area contributed by atoms with Crippen molar-refractivity contribution < 1.29 is 5.82 Å². The quantitative estimate of drug-likeness (QED) is 0.695. The lowest BCUT2D eigenvalue weighted by Gasteiger charge is -2.35. The number of likely N-dealkylation sites (N-methyl/N-ethyl adjacent to an activating group) is 1. The maximum Gasteiger partial charge on any atom is 0.141 e.